The van der Waals surface area contributed by atoms with Crippen molar-refractivity contribution < 1.29 is 14.6 Å². The van der Waals surface area contributed by atoms with Gasteiger partial charge in [-0.25, -0.2) is 0 Å². The van der Waals surface area contributed by atoms with Gasteiger partial charge in [-0.2, -0.15) is 0 Å². The third-order valence-corrected chi connectivity index (χ3v) is 5.32. The number of nitro benzene ring substituents is 2. The van der Waals surface area contributed by atoms with Crippen molar-refractivity contribution in [3.05, 3.63) is 79.9 Å². The van der Waals surface area contributed by atoms with Gasteiger partial charge in [0.15, 0.2) is 5.75 Å². The highest BCUT2D eigenvalue weighted by molar-refractivity contribution is 5.63. The van der Waals surface area contributed by atoms with E-state index in [0.29, 0.717) is 0 Å². The molecule has 8 heteroatoms. The van der Waals surface area contributed by atoms with Crippen LogP contribution in [-0.4, -0.2) is 17.0 Å². The van der Waals surface area contributed by atoms with E-state index < -0.39 is 9.85 Å². The number of rotatable bonds is 4. The van der Waals surface area contributed by atoms with Crippen LogP contribution in [-0.2, 0) is 0 Å². The van der Waals surface area contributed by atoms with Crippen LogP contribution in [0.5, 0.6) is 5.75 Å². The van der Waals surface area contributed by atoms with E-state index in [1.54, 1.807) is 24.3 Å². The summed E-state index contributed by atoms with van der Waals surface area (Å²) in [6.07, 6.45) is 4.93. The molecule has 2 aromatic carbocycles. The molecule has 4 rings (SSSR count). The molecule has 2 aromatic rings. The Morgan fingerprint density at radius 1 is 1.11 bits per heavy atom. The highest BCUT2D eigenvalue weighted by Gasteiger charge is 2.39. The molecule has 2 aliphatic rings. The van der Waals surface area contributed by atoms with Gasteiger partial charge in [-0.3, -0.25) is 20.2 Å². The Balaban J connectivity index is 1.77. The zero-order valence-corrected chi connectivity index (χ0v) is 14.5. The van der Waals surface area contributed by atoms with E-state index in [2.05, 4.69) is 17.5 Å². The summed E-state index contributed by atoms with van der Waals surface area (Å²) in [5, 5.41) is 25.9. The molecule has 1 aliphatic carbocycles. The minimum absolute atomic E-state index is 0.0345. The minimum atomic E-state index is -0.452. The van der Waals surface area contributed by atoms with Crippen LogP contribution < -0.4 is 10.1 Å². The Labute approximate surface area is 154 Å². The Hall–Kier alpha value is -3.42. The number of fused-ring (bicyclic) bond motifs is 3. The van der Waals surface area contributed by atoms with Gasteiger partial charge in [0.05, 0.1) is 23.0 Å². The standard InChI is InChI=1S/C19H17N3O5/c1-27-18-8-5-11(9-17(18)22(25)26)19-14-4-2-3-13(14)15-10-12(21(23)24)6-7-16(15)20-19/h2-3,5-10,13-14,19-20H,4H2,1H3/t13-,14-,19-/m0/s1. The highest BCUT2D eigenvalue weighted by Crippen LogP contribution is 2.51. The molecule has 3 atom stereocenters. The molecule has 0 bridgehead atoms. The van der Waals surface area contributed by atoms with Crippen molar-refractivity contribution in [2.45, 2.75) is 18.4 Å². The van der Waals surface area contributed by atoms with Crippen molar-refractivity contribution in [1.29, 1.82) is 0 Å². The smallest absolute Gasteiger partial charge is 0.311 e. The lowest BCUT2D eigenvalue weighted by atomic mass is 9.77. The average molecular weight is 367 g/mol. The highest BCUT2D eigenvalue weighted by atomic mass is 16.6. The van der Waals surface area contributed by atoms with E-state index in [-0.39, 0.29) is 35.0 Å². The van der Waals surface area contributed by atoms with Gasteiger partial charge in [-0.15, -0.1) is 0 Å². The Kier molecular flexibility index (Phi) is 4.02. The maximum Gasteiger partial charge on any atom is 0.311 e. The fraction of sp³-hybridized carbons (Fsp3) is 0.263. The molecule has 1 heterocycles. The van der Waals surface area contributed by atoms with Gasteiger partial charge >= 0.3 is 5.69 Å². The maximum absolute atomic E-state index is 11.4. The van der Waals surface area contributed by atoms with Crippen LogP contribution >= 0.6 is 0 Å². The number of ether oxygens (including phenoxy) is 1. The molecule has 0 saturated heterocycles. The number of nitro groups is 2. The summed E-state index contributed by atoms with van der Waals surface area (Å²) in [6, 6.07) is 9.64. The third-order valence-electron chi connectivity index (χ3n) is 5.32. The number of methoxy groups -OCH3 is 1. The first kappa shape index (κ1) is 17.0. The van der Waals surface area contributed by atoms with Gasteiger partial charge in [0.1, 0.15) is 0 Å². The quantitative estimate of drug-likeness (QED) is 0.489. The van der Waals surface area contributed by atoms with Crippen molar-refractivity contribution in [2.24, 2.45) is 5.92 Å². The number of nitrogens with zero attached hydrogens (tertiary/aromatic N) is 2. The van der Waals surface area contributed by atoms with Crippen molar-refractivity contribution in [3.63, 3.8) is 0 Å². The molecule has 0 fully saturated rings. The lowest BCUT2D eigenvalue weighted by Gasteiger charge is -2.37. The monoisotopic (exact) mass is 367 g/mol. The summed E-state index contributed by atoms with van der Waals surface area (Å²) in [5.74, 6) is 0.386. The zero-order chi connectivity index (χ0) is 19.1. The number of allylic oxidation sites excluding steroid dienone is 2. The van der Waals surface area contributed by atoms with Gasteiger partial charge < -0.3 is 10.1 Å². The van der Waals surface area contributed by atoms with Gasteiger partial charge in [0, 0.05) is 29.8 Å². The first-order valence-electron chi connectivity index (χ1n) is 8.53. The van der Waals surface area contributed by atoms with Crippen LogP contribution in [0.25, 0.3) is 0 Å². The van der Waals surface area contributed by atoms with Gasteiger partial charge in [0.2, 0.25) is 0 Å². The van der Waals surface area contributed by atoms with Gasteiger partial charge in [-0.05, 0) is 35.6 Å². The van der Waals surface area contributed by atoms with E-state index in [9.17, 15) is 20.2 Å². The SMILES string of the molecule is COc1ccc([C@@H]2Nc3ccc([N+](=O)[O-])cc3[C@H]3C=CC[C@@H]32)cc1[N+](=O)[O-]. The number of nitrogens with one attached hydrogen (secondary N) is 1. The van der Waals surface area contributed by atoms with E-state index in [4.69, 9.17) is 4.74 Å². The minimum Gasteiger partial charge on any atom is -0.490 e. The second kappa shape index (κ2) is 6.39. The third kappa shape index (κ3) is 2.79. The fourth-order valence-corrected chi connectivity index (χ4v) is 4.07. The number of hydrogen-bond donors (Lipinski definition) is 1. The molecule has 0 saturated carbocycles. The van der Waals surface area contributed by atoms with E-state index in [1.807, 2.05) is 6.07 Å². The normalized spacial score (nSPS) is 22.5. The maximum atomic E-state index is 11.4. The molecule has 0 spiro atoms. The number of non-ortho nitro benzene ring substituents is 1. The molecule has 1 aliphatic heterocycles. The van der Waals surface area contributed by atoms with Crippen molar-refractivity contribution in [2.75, 3.05) is 12.4 Å². The van der Waals surface area contributed by atoms with E-state index >= 15 is 0 Å². The number of anilines is 1. The first-order valence-corrected chi connectivity index (χ1v) is 8.53. The second-order valence-electron chi connectivity index (χ2n) is 6.69. The van der Waals surface area contributed by atoms with Crippen LogP contribution in [0.3, 0.4) is 0 Å². The van der Waals surface area contributed by atoms with Crippen molar-refractivity contribution in [3.8, 4) is 5.75 Å². The summed E-state index contributed by atoms with van der Waals surface area (Å²) in [4.78, 5) is 21.6. The Morgan fingerprint density at radius 2 is 1.93 bits per heavy atom. The molecular weight excluding hydrogens is 350 g/mol. The molecule has 0 aromatic heterocycles. The number of hydrogen-bond acceptors (Lipinski definition) is 6. The molecular formula is C19H17N3O5. The lowest BCUT2D eigenvalue weighted by Crippen LogP contribution is -2.29. The molecule has 27 heavy (non-hydrogen) atoms. The molecule has 0 unspecified atom stereocenters. The van der Waals surface area contributed by atoms with Crippen LogP contribution in [0.2, 0.25) is 0 Å². The largest absolute Gasteiger partial charge is 0.490 e. The first-order chi connectivity index (χ1) is 13.0. The Bertz CT molecular complexity index is 972. The zero-order valence-electron chi connectivity index (χ0n) is 14.5. The Morgan fingerprint density at radius 3 is 2.63 bits per heavy atom. The summed E-state index contributed by atoms with van der Waals surface area (Å²) < 4.78 is 5.09. The predicted molar refractivity (Wildman–Crippen MR) is 99.1 cm³/mol. The summed E-state index contributed by atoms with van der Waals surface area (Å²) in [5.41, 5.74) is 2.49. The molecule has 0 radical (unpaired) electrons. The number of benzene rings is 2. The van der Waals surface area contributed by atoms with Crippen LogP contribution in [0.4, 0.5) is 17.1 Å². The van der Waals surface area contributed by atoms with E-state index in [1.165, 1.54) is 13.2 Å². The molecule has 0 amide bonds. The summed E-state index contributed by atoms with van der Waals surface area (Å²) >= 11 is 0. The van der Waals surface area contributed by atoms with Gasteiger partial charge in [0.25, 0.3) is 5.69 Å². The van der Waals surface area contributed by atoms with Gasteiger partial charge in [-0.1, -0.05) is 18.2 Å². The topological polar surface area (TPSA) is 108 Å². The molecule has 1 N–H and O–H groups in total. The average Bonchev–Trinajstić information content (AvgIpc) is 3.16. The van der Waals surface area contributed by atoms with Crippen LogP contribution in [0.15, 0.2) is 48.6 Å². The predicted octanol–water partition coefficient (Wildman–Crippen LogP) is 4.34. The molecule has 138 valence electrons. The van der Waals surface area contributed by atoms with Crippen LogP contribution in [0.1, 0.15) is 29.5 Å². The van der Waals surface area contributed by atoms with E-state index in [0.717, 1.165) is 23.2 Å². The van der Waals surface area contributed by atoms with Crippen molar-refractivity contribution >= 4 is 17.1 Å². The van der Waals surface area contributed by atoms with Crippen molar-refractivity contribution in [1.82, 2.24) is 0 Å². The van der Waals surface area contributed by atoms with Crippen LogP contribution in [0, 0.1) is 26.1 Å². The lowest BCUT2D eigenvalue weighted by molar-refractivity contribution is -0.385. The summed E-state index contributed by atoms with van der Waals surface area (Å²) in [6.45, 7) is 0. The fourth-order valence-electron chi connectivity index (χ4n) is 4.07. The molecule has 8 nitrogen and oxygen atoms in total. The summed E-state index contributed by atoms with van der Waals surface area (Å²) in [7, 11) is 1.40. The second-order valence-corrected chi connectivity index (χ2v) is 6.69.